The molecule has 12 heteroatoms. The maximum absolute atomic E-state index is 11.8. The fraction of sp³-hybridized carbons (Fsp3) is 0.500. The monoisotopic (exact) mass is 387 g/mol. The van der Waals surface area contributed by atoms with Crippen LogP contribution >= 0.6 is 0 Å². The van der Waals surface area contributed by atoms with Gasteiger partial charge in [0.2, 0.25) is 10.0 Å². The Morgan fingerprint density at radius 2 is 1.62 bits per heavy atom. The molecule has 26 heavy (non-hydrogen) atoms. The van der Waals surface area contributed by atoms with Gasteiger partial charge in [-0.05, 0) is 0 Å². The van der Waals surface area contributed by atoms with E-state index in [1.165, 1.54) is 0 Å². The molecule has 0 saturated carbocycles. The number of rotatable bonds is 8. The number of nitrogens with zero attached hydrogens (tertiary/aromatic N) is 3. The van der Waals surface area contributed by atoms with Crippen molar-refractivity contribution in [3.63, 3.8) is 0 Å². The molecular formula is C14H17N3O8S. The molecule has 1 saturated heterocycles. The minimum absolute atomic E-state index is 0.0481. The van der Waals surface area contributed by atoms with Crippen molar-refractivity contribution in [2.75, 3.05) is 25.9 Å². The predicted octanol–water partition coefficient (Wildman–Crippen LogP) is -1.83. The molecule has 0 aromatic rings. The first-order valence-electron chi connectivity index (χ1n) is 7.65. The van der Waals surface area contributed by atoms with Gasteiger partial charge in [-0.15, -0.1) is 5.06 Å². The van der Waals surface area contributed by atoms with E-state index in [1.54, 1.807) is 0 Å². The van der Waals surface area contributed by atoms with Crippen molar-refractivity contribution in [1.29, 1.82) is 0 Å². The summed E-state index contributed by atoms with van der Waals surface area (Å²) in [7, 11) is -3.73. The molecule has 2 aliphatic rings. The fourth-order valence-corrected chi connectivity index (χ4v) is 3.16. The number of hydrogen-bond acceptors (Lipinski definition) is 8. The highest BCUT2D eigenvalue weighted by Crippen LogP contribution is 2.13. The van der Waals surface area contributed by atoms with Crippen LogP contribution in [0, 0.1) is 0 Å². The van der Waals surface area contributed by atoms with Crippen LogP contribution in [0.1, 0.15) is 19.3 Å². The molecular weight excluding hydrogens is 370 g/mol. The second-order valence-corrected chi connectivity index (χ2v) is 7.60. The Morgan fingerprint density at radius 1 is 1.08 bits per heavy atom. The highest BCUT2D eigenvalue weighted by molar-refractivity contribution is 7.88. The average Bonchev–Trinajstić information content (AvgIpc) is 3.03. The summed E-state index contributed by atoms with van der Waals surface area (Å²) < 4.78 is 24.5. The topological polar surface area (TPSA) is 138 Å². The van der Waals surface area contributed by atoms with Gasteiger partial charge in [0, 0.05) is 44.6 Å². The molecule has 0 aromatic heterocycles. The van der Waals surface area contributed by atoms with Gasteiger partial charge in [-0.3, -0.25) is 24.1 Å². The quantitative estimate of drug-likeness (QED) is 0.443. The van der Waals surface area contributed by atoms with Crippen LogP contribution in [0.5, 0.6) is 0 Å². The number of carbonyl (C=O) groups excluding carboxylic acids is 5. The molecule has 4 amide bonds. The molecule has 0 spiro atoms. The van der Waals surface area contributed by atoms with Gasteiger partial charge in [0.05, 0.1) is 12.7 Å². The van der Waals surface area contributed by atoms with Gasteiger partial charge in [0.25, 0.3) is 23.6 Å². The third-order valence-electron chi connectivity index (χ3n) is 3.71. The van der Waals surface area contributed by atoms with Crippen LogP contribution in [0.4, 0.5) is 0 Å². The van der Waals surface area contributed by atoms with Crippen LogP contribution in [-0.4, -0.2) is 78.2 Å². The predicted molar refractivity (Wildman–Crippen MR) is 84.1 cm³/mol. The van der Waals surface area contributed by atoms with E-state index >= 15 is 0 Å². The summed E-state index contributed by atoms with van der Waals surface area (Å²) in [5.74, 6) is -3.32. The van der Waals surface area contributed by atoms with Crippen molar-refractivity contribution in [2.24, 2.45) is 0 Å². The number of hydroxylamine groups is 2. The average molecular weight is 387 g/mol. The Kier molecular flexibility index (Phi) is 5.87. The second kappa shape index (κ2) is 7.74. The third kappa shape index (κ3) is 4.73. The molecule has 0 unspecified atom stereocenters. The number of sulfonamides is 1. The van der Waals surface area contributed by atoms with E-state index in [0.717, 1.165) is 27.6 Å². The van der Waals surface area contributed by atoms with Crippen molar-refractivity contribution < 1.29 is 37.2 Å². The fourth-order valence-electron chi connectivity index (χ4n) is 2.33. The zero-order valence-electron chi connectivity index (χ0n) is 13.9. The summed E-state index contributed by atoms with van der Waals surface area (Å²) in [6.45, 7) is -0.666. The van der Waals surface area contributed by atoms with Crippen molar-refractivity contribution in [3.05, 3.63) is 12.2 Å². The molecule has 1 fully saturated rings. The zero-order chi connectivity index (χ0) is 19.5. The van der Waals surface area contributed by atoms with Crippen LogP contribution < -0.4 is 0 Å². The Morgan fingerprint density at radius 3 is 2.12 bits per heavy atom. The lowest BCUT2D eigenvalue weighted by Crippen LogP contribution is -2.41. The Hall–Kier alpha value is -2.60. The molecule has 142 valence electrons. The largest absolute Gasteiger partial charge is 0.334 e. The highest BCUT2D eigenvalue weighted by Gasteiger charge is 2.33. The van der Waals surface area contributed by atoms with E-state index in [9.17, 15) is 32.4 Å². The van der Waals surface area contributed by atoms with Crippen molar-refractivity contribution in [2.45, 2.75) is 19.3 Å². The van der Waals surface area contributed by atoms with Gasteiger partial charge in [-0.1, -0.05) is 0 Å². The first-order chi connectivity index (χ1) is 12.1. The smallest absolute Gasteiger partial charge is 0.330 e. The normalized spacial score (nSPS) is 17.8. The van der Waals surface area contributed by atoms with E-state index < -0.39 is 46.0 Å². The standard InChI is InChI=1S/C14H17N3O8S/c1-26(23,24)15(8-9-16-10(18)2-3-11(16)19)7-6-14(22)25-17-12(20)4-5-13(17)21/h2-3H,4-9H2,1H3. The number of carbonyl (C=O) groups is 5. The number of amides is 4. The Labute approximate surface area is 149 Å². The van der Waals surface area contributed by atoms with Crippen molar-refractivity contribution in [1.82, 2.24) is 14.3 Å². The van der Waals surface area contributed by atoms with Crippen LogP contribution in [-0.2, 0) is 38.8 Å². The van der Waals surface area contributed by atoms with Crippen LogP contribution in [0.2, 0.25) is 0 Å². The van der Waals surface area contributed by atoms with E-state index in [4.69, 9.17) is 0 Å². The van der Waals surface area contributed by atoms with E-state index in [2.05, 4.69) is 4.84 Å². The number of hydrogen-bond donors (Lipinski definition) is 0. The number of imide groups is 2. The molecule has 2 aliphatic heterocycles. The van der Waals surface area contributed by atoms with Gasteiger partial charge in [-0.25, -0.2) is 13.2 Å². The molecule has 0 bridgehead atoms. The Balaban J connectivity index is 1.89. The lowest BCUT2D eigenvalue weighted by atomic mass is 10.4. The van der Waals surface area contributed by atoms with E-state index in [-0.39, 0.29) is 32.5 Å². The molecule has 0 N–H and O–H groups in total. The van der Waals surface area contributed by atoms with E-state index in [1.807, 2.05) is 0 Å². The Bertz CT molecular complexity index is 754. The molecule has 11 nitrogen and oxygen atoms in total. The molecule has 2 heterocycles. The van der Waals surface area contributed by atoms with Gasteiger partial charge in [-0.2, -0.15) is 4.31 Å². The van der Waals surface area contributed by atoms with Gasteiger partial charge in [0.15, 0.2) is 0 Å². The summed E-state index contributed by atoms with van der Waals surface area (Å²) in [4.78, 5) is 63.0. The molecule has 0 atom stereocenters. The molecule has 0 aliphatic carbocycles. The lowest BCUT2D eigenvalue weighted by molar-refractivity contribution is -0.197. The van der Waals surface area contributed by atoms with Crippen LogP contribution in [0.25, 0.3) is 0 Å². The third-order valence-corrected chi connectivity index (χ3v) is 5.01. The maximum atomic E-state index is 11.8. The molecule has 0 aromatic carbocycles. The summed E-state index contributed by atoms with van der Waals surface area (Å²) in [5.41, 5.74) is 0. The summed E-state index contributed by atoms with van der Waals surface area (Å²) >= 11 is 0. The van der Waals surface area contributed by atoms with Crippen molar-refractivity contribution in [3.8, 4) is 0 Å². The summed E-state index contributed by atoms with van der Waals surface area (Å²) in [6, 6.07) is 0. The SMILES string of the molecule is CS(=O)(=O)N(CCC(=O)ON1C(=O)CCC1=O)CCN1C(=O)C=CC1=O. The first-order valence-corrected chi connectivity index (χ1v) is 9.49. The first kappa shape index (κ1) is 19.7. The van der Waals surface area contributed by atoms with Gasteiger partial charge >= 0.3 is 5.97 Å². The van der Waals surface area contributed by atoms with Crippen molar-refractivity contribution >= 4 is 39.6 Å². The van der Waals surface area contributed by atoms with Gasteiger partial charge < -0.3 is 4.84 Å². The van der Waals surface area contributed by atoms with Crippen LogP contribution in [0.3, 0.4) is 0 Å². The zero-order valence-corrected chi connectivity index (χ0v) is 14.7. The van der Waals surface area contributed by atoms with Crippen LogP contribution in [0.15, 0.2) is 12.2 Å². The lowest BCUT2D eigenvalue weighted by Gasteiger charge is -2.22. The van der Waals surface area contributed by atoms with E-state index in [0.29, 0.717) is 5.06 Å². The second-order valence-electron chi connectivity index (χ2n) is 5.62. The minimum Gasteiger partial charge on any atom is -0.330 e. The minimum atomic E-state index is -3.73. The summed E-state index contributed by atoms with van der Waals surface area (Å²) in [5, 5.41) is 0.375. The molecule has 0 radical (unpaired) electrons. The highest BCUT2D eigenvalue weighted by atomic mass is 32.2. The summed E-state index contributed by atoms with van der Waals surface area (Å²) in [6.07, 6.45) is 2.56. The van der Waals surface area contributed by atoms with Gasteiger partial charge in [0.1, 0.15) is 0 Å². The molecule has 2 rings (SSSR count). The maximum Gasteiger partial charge on any atom is 0.334 e.